The average Bonchev–Trinajstić information content (AvgIpc) is 3.36. The van der Waals surface area contributed by atoms with Gasteiger partial charge >= 0.3 is 5.97 Å². The Morgan fingerprint density at radius 3 is 2.28 bits per heavy atom. The molecule has 0 fully saturated rings. The number of nitrogens with zero attached hydrogens (tertiary/aromatic N) is 2. The zero-order valence-corrected chi connectivity index (χ0v) is 21.2. The van der Waals surface area contributed by atoms with Gasteiger partial charge < -0.3 is 4.74 Å². The molecule has 4 aromatic rings. The number of esters is 1. The van der Waals surface area contributed by atoms with Gasteiger partial charge in [-0.1, -0.05) is 60.7 Å². The summed E-state index contributed by atoms with van der Waals surface area (Å²) in [5.74, 6) is -1.36. The predicted octanol–water partition coefficient (Wildman–Crippen LogP) is 4.52. The van der Waals surface area contributed by atoms with E-state index in [1.54, 1.807) is 0 Å². The minimum atomic E-state index is -3.70. The van der Waals surface area contributed by atoms with E-state index in [9.17, 15) is 18.0 Å². The van der Waals surface area contributed by atoms with Crippen LogP contribution in [-0.4, -0.2) is 50.3 Å². The van der Waals surface area contributed by atoms with Gasteiger partial charge in [0.1, 0.15) is 0 Å². The fourth-order valence-electron chi connectivity index (χ4n) is 3.29. The first-order chi connectivity index (χ1) is 17.2. The fraction of sp³-hybridized carbons (Fsp3) is 0.115. The number of rotatable bonds is 8. The number of amides is 1. The van der Waals surface area contributed by atoms with Gasteiger partial charge in [0.25, 0.3) is 5.91 Å². The zero-order valence-electron chi connectivity index (χ0n) is 19.5. The molecule has 0 aliphatic rings. The van der Waals surface area contributed by atoms with Gasteiger partial charge in [-0.2, -0.15) is 0 Å². The van der Waals surface area contributed by atoms with Crippen molar-refractivity contribution in [2.75, 3.05) is 26.0 Å². The Hall–Kier alpha value is -3.86. The molecular formula is C26H23N3O5S2. The third-order valence-electron chi connectivity index (χ3n) is 5.22. The topological polar surface area (TPSA) is 106 Å². The van der Waals surface area contributed by atoms with E-state index in [4.69, 9.17) is 4.74 Å². The summed E-state index contributed by atoms with van der Waals surface area (Å²) in [4.78, 5) is 29.0. The second-order valence-corrected chi connectivity index (χ2v) is 10.9. The van der Waals surface area contributed by atoms with Crippen molar-refractivity contribution in [3.05, 3.63) is 89.8 Å². The Labute approximate surface area is 213 Å². The van der Waals surface area contributed by atoms with Crippen LogP contribution in [0.3, 0.4) is 0 Å². The highest BCUT2D eigenvalue weighted by atomic mass is 32.2. The Kier molecular flexibility index (Phi) is 7.58. The monoisotopic (exact) mass is 521 g/mol. The van der Waals surface area contributed by atoms with Crippen LogP contribution in [-0.2, 0) is 19.6 Å². The van der Waals surface area contributed by atoms with Crippen LogP contribution in [0.1, 0.15) is 10.4 Å². The predicted molar refractivity (Wildman–Crippen MR) is 139 cm³/mol. The lowest BCUT2D eigenvalue weighted by atomic mass is 10.0. The number of sulfonamides is 1. The summed E-state index contributed by atoms with van der Waals surface area (Å²) < 4.78 is 30.6. The van der Waals surface area contributed by atoms with Gasteiger partial charge in [-0.25, -0.2) is 22.5 Å². The van der Waals surface area contributed by atoms with E-state index in [1.807, 2.05) is 60.0 Å². The number of hydrogen-bond donors (Lipinski definition) is 1. The molecule has 1 heterocycles. The summed E-state index contributed by atoms with van der Waals surface area (Å²) in [6, 6.07) is 23.5. The summed E-state index contributed by atoms with van der Waals surface area (Å²) >= 11 is 1.26. The summed E-state index contributed by atoms with van der Waals surface area (Å²) in [5.41, 5.74) is 3.86. The summed E-state index contributed by atoms with van der Waals surface area (Å²) in [7, 11) is -0.908. The highest BCUT2D eigenvalue weighted by Gasteiger charge is 2.20. The molecule has 1 N–H and O–H groups in total. The maximum atomic E-state index is 12.3. The molecule has 0 spiro atoms. The molecule has 0 radical (unpaired) electrons. The van der Waals surface area contributed by atoms with E-state index < -0.39 is 28.5 Å². The largest absolute Gasteiger partial charge is 0.452 e. The number of nitrogens with one attached hydrogen (secondary N) is 1. The number of carbonyl (C=O) groups excluding carboxylic acids is 2. The molecule has 0 atom stereocenters. The number of benzene rings is 3. The quantitative estimate of drug-likeness (QED) is 0.342. The summed E-state index contributed by atoms with van der Waals surface area (Å²) in [5, 5.41) is 4.82. The van der Waals surface area contributed by atoms with Gasteiger partial charge in [-0.15, -0.1) is 11.3 Å². The minimum Gasteiger partial charge on any atom is -0.452 e. The molecular weight excluding hydrogens is 498 g/mol. The molecule has 3 aromatic carbocycles. The molecule has 184 valence electrons. The van der Waals surface area contributed by atoms with Gasteiger partial charge in [0.2, 0.25) is 10.0 Å². The molecule has 0 unspecified atom stereocenters. The number of hydrogen-bond acceptors (Lipinski definition) is 7. The van der Waals surface area contributed by atoms with Crippen LogP contribution in [0, 0.1) is 0 Å². The van der Waals surface area contributed by atoms with Crippen LogP contribution in [0.4, 0.5) is 5.13 Å². The van der Waals surface area contributed by atoms with E-state index in [1.165, 1.54) is 49.7 Å². The Morgan fingerprint density at radius 2 is 1.58 bits per heavy atom. The Balaban J connectivity index is 1.34. The zero-order chi connectivity index (χ0) is 25.7. The van der Waals surface area contributed by atoms with Gasteiger partial charge in [-0.3, -0.25) is 10.1 Å². The summed E-state index contributed by atoms with van der Waals surface area (Å²) in [6.07, 6.45) is 0. The minimum absolute atomic E-state index is 0.0289. The molecule has 4 rings (SSSR count). The molecule has 0 bridgehead atoms. The van der Waals surface area contributed by atoms with E-state index in [2.05, 4.69) is 10.3 Å². The standard InChI is InChI=1S/C26H23N3O5S2/c1-29(2)36(32,33)22-10-6-9-21(15-22)25(31)34-16-24(30)28-26-27-23(17-35-26)20-13-11-19(12-14-20)18-7-4-3-5-8-18/h3-15,17H,16H2,1-2H3,(H,27,28,30). The molecule has 8 nitrogen and oxygen atoms in total. The lowest BCUT2D eigenvalue weighted by Gasteiger charge is -2.12. The number of anilines is 1. The molecule has 0 saturated carbocycles. The van der Waals surface area contributed by atoms with Crippen molar-refractivity contribution >= 4 is 38.4 Å². The highest BCUT2D eigenvalue weighted by Crippen LogP contribution is 2.27. The smallest absolute Gasteiger partial charge is 0.338 e. The maximum absolute atomic E-state index is 12.3. The molecule has 1 amide bonds. The lowest BCUT2D eigenvalue weighted by Crippen LogP contribution is -2.23. The third-order valence-corrected chi connectivity index (χ3v) is 7.79. The first-order valence-corrected chi connectivity index (χ1v) is 13.2. The average molecular weight is 522 g/mol. The van der Waals surface area contributed by atoms with Crippen LogP contribution in [0.25, 0.3) is 22.4 Å². The van der Waals surface area contributed by atoms with Crippen molar-refractivity contribution in [3.8, 4) is 22.4 Å². The van der Waals surface area contributed by atoms with Crippen LogP contribution in [0.15, 0.2) is 89.1 Å². The first kappa shape index (κ1) is 25.2. The van der Waals surface area contributed by atoms with Crippen molar-refractivity contribution in [2.45, 2.75) is 4.90 Å². The number of ether oxygens (including phenoxy) is 1. The molecule has 1 aromatic heterocycles. The molecule has 10 heteroatoms. The normalized spacial score (nSPS) is 11.3. The number of carbonyl (C=O) groups is 2. The SMILES string of the molecule is CN(C)S(=O)(=O)c1cccc(C(=O)OCC(=O)Nc2nc(-c3ccc(-c4ccccc4)cc3)cs2)c1. The molecule has 0 aliphatic carbocycles. The second-order valence-electron chi connectivity index (χ2n) is 7.92. The lowest BCUT2D eigenvalue weighted by molar-refractivity contribution is -0.119. The van der Waals surface area contributed by atoms with Crippen molar-refractivity contribution in [2.24, 2.45) is 0 Å². The van der Waals surface area contributed by atoms with Gasteiger partial charge in [-0.05, 0) is 29.3 Å². The van der Waals surface area contributed by atoms with Crippen molar-refractivity contribution in [1.82, 2.24) is 9.29 Å². The van der Waals surface area contributed by atoms with Gasteiger partial charge in [0, 0.05) is 25.0 Å². The van der Waals surface area contributed by atoms with E-state index >= 15 is 0 Å². The highest BCUT2D eigenvalue weighted by molar-refractivity contribution is 7.89. The van der Waals surface area contributed by atoms with Crippen molar-refractivity contribution < 1.29 is 22.7 Å². The third kappa shape index (κ3) is 5.85. The van der Waals surface area contributed by atoms with Crippen molar-refractivity contribution in [1.29, 1.82) is 0 Å². The van der Waals surface area contributed by atoms with Gasteiger partial charge in [0.15, 0.2) is 11.7 Å². The Morgan fingerprint density at radius 1 is 0.917 bits per heavy atom. The van der Waals surface area contributed by atoms with Gasteiger partial charge in [0.05, 0.1) is 16.2 Å². The number of thiazole rings is 1. The second kappa shape index (κ2) is 10.8. The molecule has 0 aliphatic heterocycles. The fourth-order valence-corrected chi connectivity index (χ4v) is 4.98. The first-order valence-electron chi connectivity index (χ1n) is 10.8. The van der Waals surface area contributed by atoms with Crippen LogP contribution < -0.4 is 5.32 Å². The van der Waals surface area contributed by atoms with E-state index in [-0.39, 0.29) is 10.5 Å². The van der Waals surface area contributed by atoms with Crippen LogP contribution in [0.2, 0.25) is 0 Å². The molecule has 36 heavy (non-hydrogen) atoms. The summed E-state index contributed by atoms with van der Waals surface area (Å²) in [6.45, 7) is -0.538. The Bertz CT molecular complexity index is 1480. The van der Waals surface area contributed by atoms with Crippen molar-refractivity contribution in [3.63, 3.8) is 0 Å². The number of aromatic nitrogens is 1. The van der Waals surface area contributed by atoms with E-state index in [0.717, 1.165) is 21.0 Å². The maximum Gasteiger partial charge on any atom is 0.338 e. The van der Waals surface area contributed by atoms with Crippen LogP contribution in [0.5, 0.6) is 0 Å². The van der Waals surface area contributed by atoms with E-state index in [0.29, 0.717) is 10.8 Å². The molecule has 0 saturated heterocycles. The van der Waals surface area contributed by atoms with Crippen LogP contribution >= 0.6 is 11.3 Å².